The third-order valence-electron chi connectivity index (χ3n) is 5.17. The Morgan fingerprint density at radius 2 is 1.56 bits per heavy atom. The standard InChI is InChI=1S/C20H21F2N3/c21-15-7-6-8-16(22)14(15)13-23-19-20(11-4-1-5-12-20)25-18-10-3-2-9-17(18)24-19/h2-3,6-10,25H,1,4-5,11-13H2,(H,23,24). The van der Waals surface area contributed by atoms with Crippen LogP contribution in [0.1, 0.15) is 37.7 Å². The molecule has 0 unspecified atom stereocenters. The first-order chi connectivity index (χ1) is 12.2. The average molecular weight is 341 g/mol. The molecule has 0 amide bonds. The van der Waals surface area contributed by atoms with Gasteiger partial charge in [-0.25, -0.2) is 8.78 Å². The van der Waals surface area contributed by atoms with E-state index in [0.29, 0.717) is 0 Å². The molecule has 1 spiro atoms. The van der Waals surface area contributed by atoms with E-state index in [1.807, 2.05) is 24.3 Å². The zero-order chi connectivity index (χ0) is 17.3. The van der Waals surface area contributed by atoms with Crippen LogP contribution in [0.15, 0.2) is 47.5 Å². The summed E-state index contributed by atoms with van der Waals surface area (Å²) in [4.78, 5) is 4.61. The molecule has 0 aromatic heterocycles. The molecule has 0 bridgehead atoms. The summed E-state index contributed by atoms with van der Waals surface area (Å²) in [6.45, 7) is -0.00750. The highest BCUT2D eigenvalue weighted by molar-refractivity contribution is 6.09. The maximum Gasteiger partial charge on any atom is 0.131 e. The normalized spacial score (nSPS) is 20.0. The minimum atomic E-state index is -0.550. The van der Waals surface area contributed by atoms with Crippen molar-refractivity contribution in [2.75, 3.05) is 10.6 Å². The molecule has 1 aliphatic heterocycles. The summed E-state index contributed by atoms with van der Waals surface area (Å²) in [5.41, 5.74) is 1.75. The third-order valence-corrected chi connectivity index (χ3v) is 5.17. The summed E-state index contributed by atoms with van der Waals surface area (Å²) in [5, 5.41) is 7.06. The largest absolute Gasteiger partial charge is 0.371 e. The minimum Gasteiger partial charge on any atom is -0.371 e. The molecule has 0 radical (unpaired) electrons. The maximum absolute atomic E-state index is 13.9. The number of rotatable bonds is 2. The third kappa shape index (κ3) is 2.99. The number of hydrogen-bond acceptors (Lipinski definition) is 2. The Hall–Kier alpha value is -2.43. The first-order valence-electron chi connectivity index (χ1n) is 8.80. The van der Waals surface area contributed by atoms with Gasteiger partial charge in [-0.05, 0) is 37.1 Å². The summed E-state index contributed by atoms with van der Waals surface area (Å²) >= 11 is 0. The van der Waals surface area contributed by atoms with Crippen molar-refractivity contribution in [3.8, 4) is 0 Å². The fourth-order valence-electron chi connectivity index (χ4n) is 3.81. The Labute approximate surface area is 146 Å². The predicted octanol–water partition coefficient (Wildman–Crippen LogP) is 5.10. The quantitative estimate of drug-likeness (QED) is 0.797. The first-order valence-corrected chi connectivity index (χ1v) is 8.80. The zero-order valence-corrected chi connectivity index (χ0v) is 14.0. The van der Waals surface area contributed by atoms with Gasteiger partial charge in [-0.2, -0.15) is 0 Å². The number of anilines is 2. The topological polar surface area (TPSA) is 36.4 Å². The van der Waals surface area contributed by atoms with Crippen molar-refractivity contribution < 1.29 is 8.78 Å². The zero-order valence-electron chi connectivity index (χ0n) is 14.0. The van der Waals surface area contributed by atoms with Crippen LogP contribution < -0.4 is 10.6 Å². The summed E-state index contributed by atoms with van der Waals surface area (Å²) < 4.78 is 27.9. The SMILES string of the molecule is Fc1cccc(F)c1CN=C1Nc2ccccc2NC12CCCCC2. The fourth-order valence-corrected chi connectivity index (χ4v) is 3.81. The Morgan fingerprint density at radius 1 is 0.880 bits per heavy atom. The number of benzene rings is 2. The van der Waals surface area contributed by atoms with Gasteiger partial charge in [-0.1, -0.05) is 37.5 Å². The van der Waals surface area contributed by atoms with E-state index in [4.69, 9.17) is 0 Å². The summed E-state index contributed by atoms with van der Waals surface area (Å²) in [6.07, 6.45) is 5.37. The second kappa shape index (κ2) is 6.47. The monoisotopic (exact) mass is 341 g/mol. The highest BCUT2D eigenvalue weighted by Crippen LogP contribution is 2.39. The average Bonchev–Trinajstić information content (AvgIpc) is 2.62. The summed E-state index contributed by atoms with van der Waals surface area (Å²) in [5.74, 6) is -0.314. The summed E-state index contributed by atoms with van der Waals surface area (Å²) in [7, 11) is 0. The number of aliphatic imine (C=N–C) groups is 1. The van der Waals surface area contributed by atoms with Gasteiger partial charge < -0.3 is 10.6 Å². The summed E-state index contributed by atoms with van der Waals surface area (Å²) in [6, 6.07) is 11.9. The van der Waals surface area contributed by atoms with Gasteiger partial charge in [0.2, 0.25) is 0 Å². The van der Waals surface area contributed by atoms with Gasteiger partial charge in [0.25, 0.3) is 0 Å². The molecule has 130 valence electrons. The Morgan fingerprint density at radius 3 is 2.28 bits per heavy atom. The Kier molecular flexibility index (Phi) is 4.15. The highest BCUT2D eigenvalue weighted by Gasteiger charge is 2.40. The van der Waals surface area contributed by atoms with Crippen LogP contribution in [-0.2, 0) is 6.54 Å². The van der Waals surface area contributed by atoms with Crippen molar-refractivity contribution in [3.05, 3.63) is 59.7 Å². The van der Waals surface area contributed by atoms with Crippen molar-refractivity contribution >= 4 is 17.2 Å². The molecule has 4 rings (SSSR count). The maximum atomic E-state index is 13.9. The lowest BCUT2D eigenvalue weighted by atomic mass is 9.79. The lowest BCUT2D eigenvalue weighted by Crippen LogP contribution is -2.53. The molecule has 0 atom stereocenters. The fraction of sp³-hybridized carbons (Fsp3) is 0.350. The van der Waals surface area contributed by atoms with Gasteiger partial charge in [-0.15, -0.1) is 0 Å². The van der Waals surface area contributed by atoms with Crippen LogP contribution in [0.25, 0.3) is 0 Å². The molecule has 25 heavy (non-hydrogen) atoms. The van der Waals surface area contributed by atoms with E-state index in [9.17, 15) is 8.78 Å². The number of amidine groups is 1. The number of para-hydroxylation sites is 2. The number of nitrogens with zero attached hydrogens (tertiary/aromatic N) is 1. The van der Waals surface area contributed by atoms with Gasteiger partial charge in [0.05, 0.1) is 23.5 Å². The Bertz CT molecular complexity index is 790. The van der Waals surface area contributed by atoms with Crippen LogP contribution in [0.5, 0.6) is 0 Å². The molecule has 2 aromatic rings. The van der Waals surface area contributed by atoms with Crippen molar-refractivity contribution in [1.82, 2.24) is 0 Å². The first kappa shape index (κ1) is 16.1. The van der Waals surface area contributed by atoms with Gasteiger partial charge >= 0.3 is 0 Å². The number of halogens is 2. The van der Waals surface area contributed by atoms with E-state index in [0.717, 1.165) is 42.9 Å². The number of hydrogen-bond donors (Lipinski definition) is 2. The predicted molar refractivity (Wildman–Crippen MR) is 97.0 cm³/mol. The van der Waals surface area contributed by atoms with Crippen LogP contribution in [-0.4, -0.2) is 11.4 Å². The van der Waals surface area contributed by atoms with Gasteiger partial charge in [-0.3, -0.25) is 4.99 Å². The van der Waals surface area contributed by atoms with E-state index in [2.05, 4.69) is 15.6 Å². The second-order valence-electron chi connectivity index (χ2n) is 6.80. The van der Waals surface area contributed by atoms with Gasteiger partial charge in [0.1, 0.15) is 17.5 Å². The minimum absolute atomic E-state index is 0.00750. The molecule has 5 heteroatoms. The van der Waals surface area contributed by atoms with Crippen molar-refractivity contribution in [1.29, 1.82) is 0 Å². The molecule has 1 fully saturated rings. The van der Waals surface area contributed by atoms with Gasteiger partial charge in [0, 0.05) is 5.56 Å². The van der Waals surface area contributed by atoms with Crippen LogP contribution in [0.3, 0.4) is 0 Å². The molecule has 1 heterocycles. The smallest absolute Gasteiger partial charge is 0.131 e. The molecular formula is C20H21F2N3. The lowest BCUT2D eigenvalue weighted by molar-refractivity contribution is 0.402. The molecule has 0 saturated heterocycles. The molecule has 1 saturated carbocycles. The van der Waals surface area contributed by atoms with E-state index in [1.54, 1.807) is 0 Å². The molecule has 2 N–H and O–H groups in total. The highest BCUT2D eigenvalue weighted by atomic mass is 19.1. The molecule has 1 aliphatic carbocycles. The van der Waals surface area contributed by atoms with Gasteiger partial charge in [0.15, 0.2) is 0 Å². The van der Waals surface area contributed by atoms with Crippen molar-refractivity contribution in [3.63, 3.8) is 0 Å². The second-order valence-corrected chi connectivity index (χ2v) is 6.80. The van der Waals surface area contributed by atoms with E-state index in [1.165, 1.54) is 24.6 Å². The van der Waals surface area contributed by atoms with E-state index in [-0.39, 0.29) is 17.6 Å². The van der Waals surface area contributed by atoms with E-state index < -0.39 is 11.6 Å². The number of fused-ring (bicyclic) bond motifs is 1. The molecule has 2 aliphatic rings. The molecule has 2 aromatic carbocycles. The van der Waals surface area contributed by atoms with Crippen LogP contribution >= 0.6 is 0 Å². The van der Waals surface area contributed by atoms with Crippen LogP contribution in [0, 0.1) is 11.6 Å². The lowest BCUT2D eigenvalue weighted by Gasteiger charge is -2.44. The number of nitrogens with one attached hydrogen (secondary N) is 2. The van der Waals surface area contributed by atoms with Crippen molar-refractivity contribution in [2.45, 2.75) is 44.2 Å². The van der Waals surface area contributed by atoms with Crippen LogP contribution in [0.4, 0.5) is 20.2 Å². The molecule has 3 nitrogen and oxygen atoms in total. The van der Waals surface area contributed by atoms with Crippen LogP contribution in [0.2, 0.25) is 0 Å². The van der Waals surface area contributed by atoms with Crippen molar-refractivity contribution in [2.24, 2.45) is 4.99 Å². The Balaban J connectivity index is 1.70. The molecular weight excluding hydrogens is 320 g/mol. The van der Waals surface area contributed by atoms with E-state index >= 15 is 0 Å².